The van der Waals surface area contributed by atoms with Gasteiger partial charge in [-0.1, -0.05) is 12.1 Å². The third-order valence-corrected chi connectivity index (χ3v) is 3.43. The van der Waals surface area contributed by atoms with Gasteiger partial charge in [0.15, 0.2) is 0 Å². The van der Waals surface area contributed by atoms with Crippen LogP contribution in [0, 0.1) is 5.82 Å². The van der Waals surface area contributed by atoms with Crippen molar-refractivity contribution in [1.82, 2.24) is 0 Å². The summed E-state index contributed by atoms with van der Waals surface area (Å²) in [5, 5.41) is 5.51. The van der Waals surface area contributed by atoms with Crippen molar-refractivity contribution in [3.05, 3.63) is 54.3 Å². The molecule has 20 heavy (non-hydrogen) atoms. The van der Waals surface area contributed by atoms with E-state index in [4.69, 9.17) is 0 Å². The normalized spacial score (nSPS) is 10.1. The maximum absolute atomic E-state index is 13.4. The molecule has 0 fully saturated rings. The standard InChI is InChI=1S/C15H15FN2OS/c1-20-12-8-6-11(7-9-12)17-10-15(19)18-14-5-3-2-4-13(14)16/h2-9,17H,10H2,1H3,(H,18,19). The molecule has 3 nitrogen and oxygen atoms in total. The number of anilines is 2. The van der Waals surface area contributed by atoms with Gasteiger partial charge in [0.05, 0.1) is 12.2 Å². The number of hydrogen-bond acceptors (Lipinski definition) is 3. The van der Waals surface area contributed by atoms with Crippen LogP contribution in [0.1, 0.15) is 0 Å². The number of carbonyl (C=O) groups excluding carboxylic acids is 1. The number of hydrogen-bond donors (Lipinski definition) is 2. The van der Waals surface area contributed by atoms with Gasteiger partial charge in [0, 0.05) is 10.6 Å². The highest BCUT2D eigenvalue weighted by molar-refractivity contribution is 7.98. The van der Waals surface area contributed by atoms with Crippen molar-refractivity contribution in [3.63, 3.8) is 0 Å². The fourth-order valence-corrected chi connectivity index (χ4v) is 2.06. The number of rotatable bonds is 5. The lowest BCUT2D eigenvalue weighted by molar-refractivity contribution is -0.114. The van der Waals surface area contributed by atoms with Gasteiger partial charge in [0.2, 0.25) is 5.91 Å². The monoisotopic (exact) mass is 290 g/mol. The van der Waals surface area contributed by atoms with Crippen LogP contribution in [0.4, 0.5) is 15.8 Å². The zero-order valence-corrected chi connectivity index (χ0v) is 11.8. The highest BCUT2D eigenvalue weighted by Crippen LogP contribution is 2.17. The van der Waals surface area contributed by atoms with Crippen LogP contribution in [0.15, 0.2) is 53.4 Å². The Bertz CT molecular complexity index is 587. The highest BCUT2D eigenvalue weighted by atomic mass is 32.2. The number of benzene rings is 2. The van der Waals surface area contributed by atoms with E-state index in [2.05, 4.69) is 10.6 Å². The molecular weight excluding hydrogens is 275 g/mol. The smallest absolute Gasteiger partial charge is 0.243 e. The Morgan fingerprint density at radius 2 is 1.85 bits per heavy atom. The second kappa shape index (κ2) is 6.96. The Balaban J connectivity index is 1.87. The van der Waals surface area contributed by atoms with Crippen LogP contribution in [0.2, 0.25) is 0 Å². The quantitative estimate of drug-likeness (QED) is 0.827. The van der Waals surface area contributed by atoms with E-state index in [-0.39, 0.29) is 18.1 Å². The van der Waals surface area contributed by atoms with Crippen LogP contribution < -0.4 is 10.6 Å². The van der Waals surface area contributed by atoms with E-state index < -0.39 is 5.82 Å². The molecule has 0 radical (unpaired) electrons. The van der Waals surface area contributed by atoms with Crippen molar-refractivity contribution in [3.8, 4) is 0 Å². The van der Waals surface area contributed by atoms with Gasteiger partial charge in [-0.3, -0.25) is 4.79 Å². The third kappa shape index (κ3) is 3.99. The lowest BCUT2D eigenvalue weighted by atomic mass is 10.3. The summed E-state index contributed by atoms with van der Waals surface area (Å²) < 4.78 is 13.4. The van der Waals surface area contributed by atoms with Gasteiger partial charge in [-0.25, -0.2) is 4.39 Å². The molecule has 0 saturated heterocycles. The van der Waals surface area contributed by atoms with Gasteiger partial charge >= 0.3 is 0 Å². The van der Waals surface area contributed by atoms with Crippen molar-refractivity contribution in [2.45, 2.75) is 4.90 Å². The average molecular weight is 290 g/mol. The van der Waals surface area contributed by atoms with Crippen molar-refractivity contribution in [2.24, 2.45) is 0 Å². The van der Waals surface area contributed by atoms with Gasteiger partial charge in [-0.05, 0) is 42.7 Å². The molecule has 0 saturated carbocycles. The van der Waals surface area contributed by atoms with Crippen molar-refractivity contribution in [1.29, 1.82) is 0 Å². The molecular formula is C15H15FN2OS. The van der Waals surface area contributed by atoms with Gasteiger partial charge in [-0.2, -0.15) is 0 Å². The second-order valence-electron chi connectivity index (χ2n) is 4.11. The first-order valence-corrected chi connectivity index (χ1v) is 7.34. The van der Waals surface area contributed by atoms with Crippen LogP contribution in [-0.2, 0) is 4.79 Å². The lowest BCUT2D eigenvalue weighted by Crippen LogP contribution is -2.22. The van der Waals surface area contributed by atoms with E-state index >= 15 is 0 Å². The zero-order chi connectivity index (χ0) is 14.4. The van der Waals surface area contributed by atoms with Crippen molar-refractivity contribution < 1.29 is 9.18 Å². The molecule has 2 rings (SSSR count). The van der Waals surface area contributed by atoms with Crippen LogP contribution in [0.3, 0.4) is 0 Å². The highest BCUT2D eigenvalue weighted by Gasteiger charge is 2.05. The first-order chi connectivity index (χ1) is 9.69. The molecule has 0 aliphatic carbocycles. The van der Waals surface area contributed by atoms with Crippen LogP contribution in [-0.4, -0.2) is 18.7 Å². The number of nitrogens with one attached hydrogen (secondary N) is 2. The minimum atomic E-state index is -0.440. The molecule has 5 heteroatoms. The zero-order valence-electron chi connectivity index (χ0n) is 11.0. The molecule has 0 unspecified atom stereocenters. The van der Waals surface area contributed by atoms with Crippen molar-refractivity contribution >= 4 is 29.0 Å². The van der Waals surface area contributed by atoms with E-state index in [0.717, 1.165) is 10.6 Å². The Labute approximate surface area is 121 Å². The maximum atomic E-state index is 13.4. The molecule has 0 heterocycles. The fourth-order valence-electron chi connectivity index (χ4n) is 1.65. The van der Waals surface area contributed by atoms with E-state index in [1.165, 1.54) is 12.1 Å². The number of carbonyl (C=O) groups is 1. The summed E-state index contributed by atoms with van der Waals surface area (Å²) in [5.41, 5.74) is 1.04. The fraction of sp³-hybridized carbons (Fsp3) is 0.133. The molecule has 0 bridgehead atoms. The summed E-state index contributed by atoms with van der Waals surface area (Å²) in [4.78, 5) is 12.9. The topological polar surface area (TPSA) is 41.1 Å². The summed E-state index contributed by atoms with van der Waals surface area (Å²) >= 11 is 1.66. The lowest BCUT2D eigenvalue weighted by Gasteiger charge is -2.08. The number of thioether (sulfide) groups is 1. The minimum Gasteiger partial charge on any atom is -0.376 e. The average Bonchev–Trinajstić information content (AvgIpc) is 2.48. The molecule has 2 N–H and O–H groups in total. The van der Waals surface area contributed by atoms with Gasteiger partial charge < -0.3 is 10.6 Å². The molecule has 2 aromatic rings. The Kier molecular flexibility index (Phi) is 5.01. The summed E-state index contributed by atoms with van der Waals surface area (Å²) in [6, 6.07) is 13.8. The van der Waals surface area contributed by atoms with Gasteiger partial charge in [-0.15, -0.1) is 11.8 Å². The molecule has 0 spiro atoms. The Hall–Kier alpha value is -2.01. The molecule has 0 atom stereocenters. The van der Waals surface area contributed by atoms with Crippen LogP contribution >= 0.6 is 11.8 Å². The summed E-state index contributed by atoms with van der Waals surface area (Å²) in [6.45, 7) is 0.0902. The summed E-state index contributed by atoms with van der Waals surface area (Å²) in [7, 11) is 0. The molecule has 2 aromatic carbocycles. The molecule has 104 valence electrons. The summed E-state index contributed by atoms with van der Waals surface area (Å²) in [5.74, 6) is -0.728. The predicted molar refractivity (Wildman–Crippen MR) is 81.7 cm³/mol. The molecule has 1 amide bonds. The van der Waals surface area contributed by atoms with Crippen LogP contribution in [0.5, 0.6) is 0 Å². The first-order valence-electron chi connectivity index (χ1n) is 6.11. The Morgan fingerprint density at radius 3 is 2.50 bits per heavy atom. The molecule has 0 aliphatic rings. The summed E-state index contributed by atoms with van der Waals surface area (Å²) in [6.07, 6.45) is 2.00. The first kappa shape index (κ1) is 14.4. The van der Waals surface area contributed by atoms with E-state index in [1.54, 1.807) is 23.9 Å². The SMILES string of the molecule is CSc1ccc(NCC(=O)Nc2ccccc2F)cc1. The molecule has 0 aromatic heterocycles. The maximum Gasteiger partial charge on any atom is 0.243 e. The number of halogens is 1. The van der Waals surface area contributed by atoms with E-state index in [1.807, 2.05) is 30.5 Å². The van der Waals surface area contributed by atoms with Gasteiger partial charge in [0.1, 0.15) is 5.82 Å². The number of amides is 1. The largest absolute Gasteiger partial charge is 0.376 e. The van der Waals surface area contributed by atoms with E-state index in [0.29, 0.717) is 0 Å². The van der Waals surface area contributed by atoms with E-state index in [9.17, 15) is 9.18 Å². The second-order valence-corrected chi connectivity index (χ2v) is 4.99. The minimum absolute atomic E-state index is 0.0902. The predicted octanol–water partition coefficient (Wildman–Crippen LogP) is 3.60. The van der Waals surface area contributed by atoms with Gasteiger partial charge in [0.25, 0.3) is 0 Å². The van der Waals surface area contributed by atoms with Crippen LogP contribution in [0.25, 0.3) is 0 Å². The number of para-hydroxylation sites is 1. The Morgan fingerprint density at radius 1 is 1.15 bits per heavy atom. The molecule has 0 aliphatic heterocycles. The third-order valence-electron chi connectivity index (χ3n) is 2.69. The van der Waals surface area contributed by atoms with Crippen molar-refractivity contribution in [2.75, 3.05) is 23.4 Å².